The van der Waals surface area contributed by atoms with E-state index >= 15 is 0 Å². The van der Waals surface area contributed by atoms with Gasteiger partial charge in [0.2, 0.25) is 0 Å². The van der Waals surface area contributed by atoms with Crippen molar-refractivity contribution in [2.75, 3.05) is 6.54 Å². The van der Waals surface area contributed by atoms with Gasteiger partial charge in [-0.25, -0.2) is 0 Å². The number of halogens is 1. The number of nitrogens with two attached hydrogens (primary N) is 1. The van der Waals surface area contributed by atoms with Crippen LogP contribution in [0.4, 0.5) is 0 Å². The van der Waals surface area contributed by atoms with E-state index in [1.165, 1.54) is 0 Å². The zero-order chi connectivity index (χ0) is 7.40. The Kier molecular flexibility index (Phi) is 2.94. The second-order valence-electron chi connectivity index (χ2n) is 1.60. The zero-order valence-electron chi connectivity index (χ0n) is 5.23. The maximum atomic E-state index is 5.21. The van der Waals surface area contributed by atoms with Gasteiger partial charge >= 0.3 is 0 Å². The van der Waals surface area contributed by atoms with Crippen LogP contribution in [0, 0.1) is 11.8 Å². The predicted molar refractivity (Wildman–Crippen MR) is 48.0 cm³/mol. The number of thiophene rings is 1. The molecule has 0 aliphatic rings. The van der Waals surface area contributed by atoms with E-state index in [-0.39, 0.29) is 0 Å². The molecule has 0 saturated carbocycles. The van der Waals surface area contributed by atoms with Crippen LogP contribution in [0.1, 0.15) is 4.88 Å². The molecule has 1 aromatic heterocycles. The lowest BCUT2D eigenvalue weighted by Gasteiger charge is -1.80. The summed E-state index contributed by atoms with van der Waals surface area (Å²) in [6.07, 6.45) is 0. The highest BCUT2D eigenvalue weighted by molar-refractivity contribution is 9.10. The van der Waals surface area contributed by atoms with Gasteiger partial charge in [0, 0.05) is 4.47 Å². The van der Waals surface area contributed by atoms with Crippen molar-refractivity contribution in [3.63, 3.8) is 0 Å². The summed E-state index contributed by atoms with van der Waals surface area (Å²) < 4.78 is 1.05. The van der Waals surface area contributed by atoms with Gasteiger partial charge in [0.25, 0.3) is 0 Å². The van der Waals surface area contributed by atoms with Gasteiger partial charge in [0.1, 0.15) is 0 Å². The van der Waals surface area contributed by atoms with Crippen LogP contribution >= 0.6 is 27.3 Å². The fourth-order valence-electron chi connectivity index (χ4n) is 0.514. The van der Waals surface area contributed by atoms with Crippen LogP contribution in [-0.2, 0) is 0 Å². The lowest BCUT2D eigenvalue weighted by Crippen LogP contribution is -1.92. The summed E-state index contributed by atoms with van der Waals surface area (Å²) in [4.78, 5) is 1.05. The van der Waals surface area contributed by atoms with Crippen LogP contribution in [0.2, 0.25) is 0 Å². The maximum Gasteiger partial charge on any atom is 0.0910 e. The average molecular weight is 216 g/mol. The lowest BCUT2D eigenvalue weighted by atomic mass is 10.4. The van der Waals surface area contributed by atoms with Crippen LogP contribution in [0.25, 0.3) is 0 Å². The molecule has 0 atom stereocenters. The minimum absolute atomic E-state index is 0.421. The molecule has 3 heteroatoms. The minimum atomic E-state index is 0.421. The standard InChI is InChI=1S/C7H6BrNS/c8-6-3-5-10-7(6)2-1-4-9/h3,5H,4,9H2. The molecule has 1 rings (SSSR count). The third-order valence-electron chi connectivity index (χ3n) is 0.921. The molecule has 0 aliphatic carbocycles. The Bertz CT molecular complexity index is 269. The third-order valence-corrected chi connectivity index (χ3v) is 2.67. The number of hydrogen-bond donors (Lipinski definition) is 1. The highest BCUT2D eigenvalue weighted by Gasteiger charge is 1.93. The molecule has 1 nitrogen and oxygen atoms in total. The number of rotatable bonds is 0. The van der Waals surface area contributed by atoms with E-state index in [0.29, 0.717) is 6.54 Å². The molecular weight excluding hydrogens is 210 g/mol. The molecule has 52 valence electrons. The van der Waals surface area contributed by atoms with Gasteiger partial charge in [0.05, 0.1) is 11.4 Å². The van der Waals surface area contributed by atoms with E-state index in [1.807, 2.05) is 11.4 Å². The first-order valence-corrected chi connectivity index (χ1v) is 4.44. The molecule has 0 fully saturated rings. The van der Waals surface area contributed by atoms with Crippen molar-refractivity contribution in [3.05, 3.63) is 20.8 Å². The van der Waals surface area contributed by atoms with E-state index < -0.39 is 0 Å². The summed E-state index contributed by atoms with van der Waals surface area (Å²) in [7, 11) is 0. The van der Waals surface area contributed by atoms with Crippen molar-refractivity contribution in [1.29, 1.82) is 0 Å². The molecule has 1 aromatic rings. The first-order chi connectivity index (χ1) is 4.84. The smallest absolute Gasteiger partial charge is 0.0910 e. The normalized spacial score (nSPS) is 8.60. The SMILES string of the molecule is NCC#Cc1sccc1Br. The second kappa shape index (κ2) is 3.77. The van der Waals surface area contributed by atoms with Gasteiger partial charge in [-0.15, -0.1) is 11.3 Å². The molecule has 2 N–H and O–H groups in total. The molecular formula is C7H6BrNS. The summed E-state index contributed by atoms with van der Waals surface area (Å²) in [6.45, 7) is 0.421. The third kappa shape index (κ3) is 1.84. The first kappa shape index (κ1) is 7.80. The van der Waals surface area contributed by atoms with Crippen molar-refractivity contribution in [3.8, 4) is 11.8 Å². The van der Waals surface area contributed by atoms with Crippen LogP contribution in [0.5, 0.6) is 0 Å². The number of hydrogen-bond acceptors (Lipinski definition) is 2. The maximum absolute atomic E-state index is 5.21. The van der Waals surface area contributed by atoms with Crippen molar-refractivity contribution >= 4 is 27.3 Å². The average Bonchev–Trinajstić information content (AvgIpc) is 2.31. The summed E-state index contributed by atoms with van der Waals surface area (Å²) >= 11 is 4.98. The predicted octanol–water partition coefficient (Wildman–Crippen LogP) is 1.82. The van der Waals surface area contributed by atoms with E-state index in [4.69, 9.17) is 5.73 Å². The van der Waals surface area contributed by atoms with Gasteiger partial charge < -0.3 is 5.73 Å². The summed E-state index contributed by atoms with van der Waals surface area (Å²) in [6, 6.07) is 1.98. The van der Waals surface area contributed by atoms with Crippen LogP contribution in [0.3, 0.4) is 0 Å². The summed E-state index contributed by atoms with van der Waals surface area (Å²) in [5.41, 5.74) is 5.21. The minimum Gasteiger partial charge on any atom is -0.320 e. The Balaban J connectivity index is 2.84. The first-order valence-electron chi connectivity index (χ1n) is 2.76. The van der Waals surface area contributed by atoms with Crippen LogP contribution in [0.15, 0.2) is 15.9 Å². The fourth-order valence-corrected chi connectivity index (χ4v) is 1.85. The highest BCUT2D eigenvalue weighted by atomic mass is 79.9. The molecule has 1 heterocycles. The van der Waals surface area contributed by atoms with E-state index in [1.54, 1.807) is 11.3 Å². The van der Waals surface area contributed by atoms with Gasteiger partial charge in [0.15, 0.2) is 0 Å². The van der Waals surface area contributed by atoms with Crippen molar-refractivity contribution in [2.24, 2.45) is 5.73 Å². The Morgan fingerprint density at radius 2 is 2.50 bits per heavy atom. The molecule has 0 aliphatic heterocycles. The Morgan fingerprint density at radius 3 is 3.00 bits per heavy atom. The Hall–Kier alpha value is -0.300. The fraction of sp³-hybridized carbons (Fsp3) is 0.143. The van der Waals surface area contributed by atoms with Crippen LogP contribution in [-0.4, -0.2) is 6.54 Å². The molecule has 0 radical (unpaired) electrons. The topological polar surface area (TPSA) is 26.0 Å². The van der Waals surface area contributed by atoms with Gasteiger partial charge in [-0.3, -0.25) is 0 Å². The Morgan fingerprint density at radius 1 is 1.70 bits per heavy atom. The zero-order valence-corrected chi connectivity index (χ0v) is 7.63. The van der Waals surface area contributed by atoms with Gasteiger partial charge in [-0.2, -0.15) is 0 Å². The van der Waals surface area contributed by atoms with Gasteiger partial charge in [-0.1, -0.05) is 11.8 Å². The lowest BCUT2D eigenvalue weighted by molar-refractivity contribution is 1.30. The van der Waals surface area contributed by atoms with Gasteiger partial charge in [-0.05, 0) is 27.4 Å². The quantitative estimate of drug-likeness (QED) is 0.657. The molecule has 0 bridgehead atoms. The van der Waals surface area contributed by atoms with E-state index in [2.05, 4.69) is 27.8 Å². The largest absolute Gasteiger partial charge is 0.320 e. The second-order valence-corrected chi connectivity index (χ2v) is 3.37. The molecule has 0 amide bonds. The summed E-state index contributed by atoms with van der Waals surface area (Å²) in [5, 5.41) is 1.99. The molecule has 0 spiro atoms. The monoisotopic (exact) mass is 215 g/mol. The van der Waals surface area contributed by atoms with Crippen molar-refractivity contribution in [1.82, 2.24) is 0 Å². The highest BCUT2D eigenvalue weighted by Crippen LogP contribution is 2.20. The molecule has 10 heavy (non-hydrogen) atoms. The molecule has 0 aromatic carbocycles. The van der Waals surface area contributed by atoms with Crippen molar-refractivity contribution in [2.45, 2.75) is 0 Å². The summed E-state index contributed by atoms with van der Waals surface area (Å²) in [5.74, 6) is 5.74. The van der Waals surface area contributed by atoms with E-state index in [9.17, 15) is 0 Å². The van der Waals surface area contributed by atoms with E-state index in [0.717, 1.165) is 9.35 Å². The van der Waals surface area contributed by atoms with Crippen LogP contribution < -0.4 is 5.73 Å². The molecule has 0 unspecified atom stereocenters. The molecule has 0 saturated heterocycles. The Labute approximate surface area is 72.4 Å². The van der Waals surface area contributed by atoms with Crippen molar-refractivity contribution < 1.29 is 0 Å².